The van der Waals surface area contributed by atoms with Crippen LogP contribution in [0.1, 0.15) is 22.5 Å². The molecule has 0 atom stereocenters. The molecule has 0 saturated carbocycles. The maximum absolute atomic E-state index is 13.5. The molecule has 3 aromatic rings. The molecule has 2 aromatic heterocycles. The van der Waals surface area contributed by atoms with Crippen LogP contribution in [0.3, 0.4) is 0 Å². The number of fused-ring (bicyclic) bond motifs is 1. The zero-order chi connectivity index (χ0) is 18.3. The molecule has 7 nitrogen and oxygen atoms in total. The third-order valence-corrected chi connectivity index (χ3v) is 4.16. The molecule has 0 bridgehead atoms. The summed E-state index contributed by atoms with van der Waals surface area (Å²) < 4.78 is 13.5. The normalized spacial score (nSPS) is 14.4. The number of imidazole rings is 1. The largest absolute Gasteiger partial charge is 0.348 e. The van der Waals surface area contributed by atoms with Crippen LogP contribution in [-0.2, 0) is 4.79 Å². The summed E-state index contributed by atoms with van der Waals surface area (Å²) in [4.78, 5) is 28.0. The Labute approximate surface area is 148 Å². The van der Waals surface area contributed by atoms with E-state index in [1.807, 2.05) is 6.92 Å². The van der Waals surface area contributed by atoms with E-state index in [2.05, 4.69) is 30.6 Å². The molecule has 0 radical (unpaired) electrons. The number of benzene rings is 1. The smallest absolute Gasteiger partial charge is 0.257 e. The average molecular weight is 350 g/mol. The topological polar surface area (TPSA) is 95.6 Å². The summed E-state index contributed by atoms with van der Waals surface area (Å²) in [6.45, 7) is 3.55. The van der Waals surface area contributed by atoms with Crippen LogP contribution in [0.4, 0.5) is 21.7 Å². The predicted molar refractivity (Wildman–Crippen MR) is 96.3 cm³/mol. The number of anilines is 3. The molecule has 0 fully saturated rings. The highest BCUT2D eigenvalue weighted by Crippen LogP contribution is 2.37. The Kier molecular flexibility index (Phi) is 3.72. The summed E-state index contributed by atoms with van der Waals surface area (Å²) in [5.41, 5.74) is 3.66. The minimum atomic E-state index is -0.282. The molecular weight excluding hydrogens is 335 g/mol. The van der Waals surface area contributed by atoms with E-state index in [0.29, 0.717) is 39.7 Å². The van der Waals surface area contributed by atoms with Gasteiger partial charge >= 0.3 is 0 Å². The van der Waals surface area contributed by atoms with Crippen molar-refractivity contribution in [1.29, 1.82) is 0 Å². The second-order valence-corrected chi connectivity index (χ2v) is 5.96. The van der Waals surface area contributed by atoms with Gasteiger partial charge in [-0.15, -0.1) is 0 Å². The van der Waals surface area contributed by atoms with Crippen LogP contribution in [-0.4, -0.2) is 25.8 Å². The monoisotopic (exact) mass is 350 g/mol. The van der Waals surface area contributed by atoms with Crippen molar-refractivity contribution in [2.24, 2.45) is 0 Å². The molecular formula is C18H15FN6O. The Bertz CT molecular complexity index is 1060. The van der Waals surface area contributed by atoms with Crippen LogP contribution in [0.15, 0.2) is 30.9 Å². The number of aromatic amines is 1. The summed E-state index contributed by atoms with van der Waals surface area (Å²) in [7, 11) is 0. The third kappa shape index (κ3) is 2.71. The van der Waals surface area contributed by atoms with Crippen molar-refractivity contribution < 1.29 is 9.18 Å². The summed E-state index contributed by atoms with van der Waals surface area (Å²) in [6, 6.07) is 4.67. The summed E-state index contributed by atoms with van der Waals surface area (Å²) in [6.07, 6.45) is 4.62. The van der Waals surface area contributed by atoms with Gasteiger partial charge in [0.05, 0.1) is 23.2 Å². The van der Waals surface area contributed by atoms with Gasteiger partial charge < -0.3 is 15.6 Å². The molecule has 0 aliphatic carbocycles. The molecule has 0 unspecified atom stereocenters. The van der Waals surface area contributed by atoms with Gasteiger partial charge in [0.15, 0.2) is 0 Å². The number of amides is 1. The molecule has 8 heteroatoms. The van der Waals surface area contributed by atoms with Gasteiger partial charge in [0.25, 0.3) is 5.91 Å². The van der Waals surface area contributed by atoms with Gasteiger partial charge in [-0.1, -0.05) is 0 Å². The minimum absolute atomic E-state index is 0.277. The van der Waals surface area contributed by atoms with Crippen molar-refractivity contribution in [2.45, 2.75) is 13.8 Å². The molecule has 0 spiro atoms. The third-order valence-electron chi connectivity index (χ3n) is 4.16. The van der Waals surface area contributed by atoms with E-state index >= 15 is 0 Å². The van der Waals surface area contributed by atoms with Crippen molar-refractivity contribution >= 4 is 34.9 Å². The van der Waals surface area contributed by atoms with Gasteiger partial charge in [-0.3, -0.25) is 4.79 Å². The number of H-pyrrole nitrogens is 1. The van der Waals surface area contributed by atoms with Gasteiger partial charge in [0.1, 0.15) is 23.8 Å². The van der Waals surface area contributed by atoms with E-state index in [1.54, 1.807) is 31.5 Å². The molecule has 0 saturated heterocycles. The number of carbonyl (C=O) groups excluding carboxylic acids is 1. The molecule has 1 aliphatic heterocycles. The summed E-state index contributed by atoms with van der Waals surface area (Å²) in [5, 5.41) is 5.87. The summed E-state index contributed by atoms with van der Waals surface area (Å²) in [5.74, 6) is 0.320. The minimum Gasteiger partial charge on any atom is -0.348 e. The lowest BCUT2D eigenvalue weighted by atomic mass is 10.1. The maximum Gasteiger partial charge on any atom is 0.257 e. The first-order valence-electron chi connectivity index (χ1n) is 7.94. The fourth-order valence-corrected chi connectivity index (χ4v) is 2.77. The SMILES string of the molecule is Cc1cc(Nc2ncnc3c2/C(=C/c2nc[nH]c2C)C(=O)N3)ccc1F. The van der Waals surface area contributed by atoms with Crippen LogP contribution in [0.25, 0.3) is 11.6 Å². The predicted octanol–water partition coefficient (Wildman–Crippen LogP) is 3.19. The number of aromatic nitrogens is 4. The molecule has 1 amide bonds. The van der Waals surface area contributed by atoms with Crippen LogP contribution in [0.5, 0.6) is 0 Å². The highest BCUT2D eigenvalue weighted by Gasteiger charge is 2.29. The Hall–Kier alpha value is -3.55. The lowest BCUT2D eigenvalue weighted by Crippen LogP contribution is -2.04. The molecule has 4 rings (SSSR count). The van der Waals surface area contributed by atoms with Crippen LogP contribution >= 0.6 is 0 Å². The second-order valence-electron chi connectivity index (χ2n) is 5.96. The number of hydrogen-bond acceptors (Lipinski definition) is 5. The maximum atomic E-state index is 13.5. The van der Waals surface area contributed by atoms with Crippen LogP contribution < -0.4 is 10.6 Å². The van der Waals surface area contributed by atoms with Gasteiger partial charge in [0.2, 0.25) is 0 Å². The zero-order valence-electron chi connectivity index (χ0n) is 14.1. The Morgan fingerprint density at radius 3 is 2.77 bits per heavy atom. The van der Waals surface area contributed by atoms with Crippen LogP contribution in [0.2, 0.25) is 0 Å². The summed E-state index contributed by atoms with van der Waals surface area (Å²) >= 11 is 0. The van der Waals surface area contributed by atoms with Gasteiger partial charge in [0, 0.05) is 11.4 Å². The Morgan fingerprint density at radius 1 is 1.19 bits per heavy atom. The van der Waals surface area contributed by atoms with Crippen LogP contribution in [0, 0.1) is 19.7 Å². The van der Waals surface area contributed by atoms with E-state index in [-0.39, 0.29) is 11.7 Å². The first-order chi connectivity index (χ1) is 12.5. The highest BCUT2D eigenvalue weighted by atomic mass is 19.1. The number of rotatable bonds is 3. The van der Waals surface area contributed by atoms with Gasteiger partial charge in [-0.05, 0) is 43.7 Å². The Balaban J connectivity index is 1.79. The number of hydrogen-bond donors (Lipinski definition) is 3. The first-order valence-corrected chi connectivity index (χ1v) is 7.94. The van der Waals surface area contributed by atoms with Crippen molar-refractivity contribution in [3.05, 3.63) is 59.2 Å². The van der Waals surface area contributed by atoms with Crippen molar-refractivity contribution in [3.63, 3.8) is 0 Å². The number of carbonyl (C=O) groups is 1. The standard InChI is InChI=1S/C18H15FN6O/c1-9-5-11(3-4-13(9)19)24-16-15-12(6-14-10(2)20-7-21-14)18(26)25-17(15)23-8-22-16/h3-8H,1-2H3,(H,20,21)(H2,22,23,24,25,26)/b12-6-. The second kappa shape index (κ2) is 6.07. The first kappa shape index (κ1) is 15.9. The molecule has 3 heterocycles. The molecule has 1 aliphatic rings. The molecule has 130 valence electrons. The Morgan fingerprint density at radius 2 is 2.04 bits per heavy atom. The van der Waals surface area contributed by atoms with E-state index in [4.69, 9.17) is 0 Å². The van der Waals surface area contributed by atoms with E-state index in [9.17, 15) is 9.18 Å². The zero-order valence-corrected chi connectivity index (χ0v) is 14.1. The van der Waals surface area contributed by atoms with Crippen molar-refractivity contribution in [1.82, 2.24) is 19.9 Å². The fourth-order valence-electron chi connectivity index (χ4n) is 2.77. The van der Waals surface area contributed by atoms with Crippen molar-refractivity contribution in [3.8, 4) is 0 Å². The van der Waals surface area contributed by atoms with E-state index < -0.39 is 0 Å². The van der Waals surface area contributed by atoms with Gasteiger partial charge in [-0.2, -0.15) is 0 Å². The lowest BCUT2D eigenvalue weighted by molar-refractivity contribution is -0.110. The number of nitrogens with zero attached hydrogens (tertiary/aromatic N) is 3. The number of nitrogens with one attached hydrogen (secondary N) is 3. The van der Waals surface area contributed by atoms with Gasteiger partial charge in [-0.25, -0.2) is 19.3 Å². The molecule has 3 N–H and O–H groups in total. The number of halogens is 1. The number of aryl methyl sites for hydroxylation is 2. The van der Waals surface area contributed by atoms with E-state index in [0.717, 1.165) is 5.69 Å². The lowest BCUT2D eigenvalue weighted by Gasteiger charge is -2.10. The quantitative estimate of drug-likeness (QED) is 0.631. The molecule has 1 aromatic carbocycles. The van der Waals surface area contributed by atoms with E-state index in [1.165, 1.54) is 12.4 Å². The average Bonchev–Trinajstić information content (AvgIpc) is 3.15. The highest BCUT2D eigenvalue weighted by molar-refractivity contribution is 6.35. The fraction of sp³-hybridized carbons (Fsp3) is 0.111. The van der Waals surface area contributed by atoms with Crippen molar-refractivity contribution in [2.75, 3.05) is 10.6 Å². The molecule has 26 heavy (non-hydrogen) atoms.